The molecule has 25 heavy (non-hydrogen) atoms. The van der Waals surface area contributed by atoms with Crippen LogP contribution in [0.5, 0.6) is 5.75 Å². The van der Waals surface area contributed by atoms with E-state index in [1.165, 1.54) is 11.8 Å². The van der Waals surface area contributed by atoms with E-state index in [2.05, 4.69) is 20.4 Å². The van der Waals surface area contributed by atoms with Crippen LogP contribution in [0.4, 0.5) is 5.69 Å². The normalized spacial score (nSPS) is 10.9. The van der Waals surface area contributed by atoms with Crippen LogP contribution in [0, 0.1) is 13.8 Å². The minimum Gasteiger partial charge on any atom is -0.495 e. The fourth-order valence-electron chi connectivity index (χ4n) is 2.64. The maximum Gasteiger partial charge on any atom is 0.253 e. The maximum atomic E-state index is 12.5. The number of rotatable bonds is 5. The second-order valence-electron chi connectivity index (χ2n) is 5.50. The SMILES string of the molecule is COc1ccccc1NC(=O)Cc1c(C)nc2nc(SC)nn2c1C. The zero-order chi connectivity index (χ0) is 18.0. The standard InChI is InChI=1S/C17H19N5O2S/c1-10-12(11(2)22-16(18-10)20-17(21-22)25-4)9-15(23)19-13-7-5-6-8-14(13)24-3/h5-8H,9H2,1-4H3,(H,19,23). The highest BCUT2D eigenvalue weighted by molar-refractivity contribution is 7.98. The Hall–Kier alpha value is -2.61. The van der Waals surface area contributed by atoms with Gasteiger partial charge in [0.2, 0.25) is 11.1 Å². The van der Waals surface area contributed by atoms with Gasteiger partial charge in [-0.15, -0.1) is 5.10 Å². The van der Waals surface area contributed by atoms with Crippen molar-refractivity contribution in [3.8, 4) is 5.75 Å². The molecule has 8 heteroatoms. The summed E-state index contributed by atoms with van der Waals surface area (Å²) in [6, 6.07) is 7.31. The van der Waals surface area contributed by atoms with Crippen LogP contribution in [0.25, 0.3) is 5.78 Å². The number of anilines is 1. The quantitative estimate of drug-likeness (QED) is 0.707. The summed E-state index contributed by atoms with van der Waals surface area (Å²) >= 11 is 1.46. The third-order valence-corrected chi connectivity index (χ3v) is 4.47. The molecule has 0 aliphatic heterocycles. The maximum absolute atomic E-state index is 12.5. The summed E-state index contributed by atoms with van der Waals surface area (Å²) in [5, 5.41) is 7.95. The third kappa shape index (κ3) is 3.43. The number of carbonyl (C=O) groups is 1. The van der Waals surface area contributed by atoms with Crippen LogP contribution in [-0.2, 0) is 11.2 Å². The highest BCUT2D eigenvalue weighted by atomic mass is 32.2. The first-order valence-electron chi connectivity index (χ1n) is 7.73. The molecule has 0 radical (unpaired) electrons. The number of fused-ring (bicyclic) bond motifs is 1. The Bertz CT molecular complexity index is 938. The molecule has 0 fully saturated rings. The van der Waals surface area contributed by atoms with Gasteiger partial charge in [-0.2, -0.15) is 4.98 Å². The van der Waals surface area contributed by atoms with Gasteiger partial charge in [-0.05, 0) is 32.2 Å². The fourth-order valence-corrected chi connectivity index (χ4v) is 2.97. The summed E-state index contributed by atoms with van der Waals surface area (Å²) in [5.41, 5.74) is 3.13. The number of nitrogens with zero attached hydrogens (tertiary/aromatic N) is 4. The molecule has 1 aromatic carbocycles. The van der Waals surface area contributed by atoms with E-state index in [1.807, 2.05) is 32.2 Å². The topological polar surface area (TPSA) is 81.4 Å². The number of para-hydroxylation sites is 2. The highest BCUT2D eigenvalue weighted by Gasteiger charge is 2.16. The van der Waals surface area contributed by atoms with Crippen LogP contribution in [0.2, 0.25) is 0 Å². The number of carbonyl (C=O) groups excluding carboxylic acids is 1. The number of aromatic nitrogens is 4. The van der Waals surface area contributed by atoms with Crippen LogP contribution in [-0.4, -0.2) is 38.9 Å². The van der Waals surface area contributed by atoms with E-state index >= 15 is 0 Å². The van der Waals surface area contributed by atoms with Gasteiger partial charge in [-0.3, -0.25) is 4.79 Å². The monoisotopic (exact) mass is 357 g/mol. The molecule has 3 aromatic rings. The average molecular weight is 357 g/mol. The number of amides is 1. The molecule has 130 valence electrons. The molecule has 1 amide bonds. The van der Waals surface area contributed by atoms with Gasteiger partial charge >= 0.3 is 0 Å². The third-order valence-electron chi connectivity index (χ3n) is 3.93. The van der Waals surface area contributed by atoms with Crippen molar-refractivity contribution < 1.29 is 9.53 Å². The Morgan fingerprint density at radius 1 is 1.28 bits per heavy atom. The Labute approximate surface area is 149 Å². The summed E-state index contributed by atoms with van der Waals surface area (Å²) in [5.74, 6) is 1.04. The van der Waals surface area contributed by atoms with E-state index in [1.54, 1.807) is 23.8 Å². The lowest BCUT2D eigenvalue weighted by Gasteiger charge is -2.12. The van der Waals surface area contributed by atoms with Crippen molar-refractivity contribution in [3.05, 3.63) is 41.2 Å². The molecule has 0 saturated carbocycles. The molecular formula is C17H19N5O2S. The lowest BCUT2D eigenvalue weighted by molar-refractivity contribution is -0.115. The number of ether oxygens (including phenoxy) is 1. The molecule has 0 atom stereocenters. The summed E-state index contributed by atoms with van der Waals surface area (Å²) in [6.07, 6.45) is 2.12. The number of hydrogen-bond donors (Lipinski definition) is 1. The van der Waals surface area contributed by atoms with Crippen LogP contribution in [0.1, 0.15) is 17.0 Å². The van der Waals surface area contributed by atoms with Gasteiger partial charge in [0, 0.05) is 17.0 Å². The van der Waals surface area contributed by atoms with Gasteiger partial charge < -0.3 is 10.1 Å². The lowest BCUT2D eigenvalue weighted by Crippen LogP contribution is -2.18. The summed E-state index contributed by atoms with van der Waals surface area (Å²) in [6.45, 7) is 3.80. The Balaban J connectivity index is 1.88. The molecule has 0 unspecified atom stereocenters. The zero-order valence-corrected chi connectivity index (χ0v) is 15.3. The molecule has 0 aliphatic rings. The first-order chi connectivity index (χ1) is 12.0. The molecule has 1 N–H and O–H groups in total. The van der Waals surface area contributed by atoms with Crippen LogP contribution in [0.15, 0.2) is 29.4 Å². The lowest BCUT2D eigenvalue weighted by atomic mass is 10.1. The van der Waals surface area contributed by atoms with Gasteiger partial charge in [-0.25, -0.2) is 9.50 Å². The van der Waals surface area contributed by atoms with Crippen molar-refractivity contribution in [2.75, 3.05) is 18.7 Å². The first-order valence-corrected chi connectivity index (χ1v) is 8.95. The second-order valence-corrected chi connectivity index (χ2v) is 6.27. The summed E-state index contributed by atoms with van der Waals surface area (Å²) in [7, 11) is 1.57. The summed E-state index contributed by atoms with van der Waals surface area (Å²) in [4.78, 5) is 21.3. The molecule has 0 saturated heterocycles. The van der Waals surface area contributed by atoms with Gasteiger partial charge in [0.25, 0.3) is 5.78 Å². The van der Waals surface area contributed by atoms with Gasteiger partial charge in [0.1, 0.15) is 5.75 Å². The van der Waals surface area contributed by atoms with Crippen molar-refractivity contribution in [1.29, 1.82) is 0 Å². The number of aryl methyl sites for hydroxylation is 2. The largest absolute Gasteiger partial charge is 0.495 e. The van der Waals surface area contributed by atoms with E-state index in [9.17, 15) is 4.79 Å². The predicted octanol–water partition coefficient (Wildman–Crippen LogP) is 2.65. The Kier molecular flexibility index (Phi) is 4.89. The molecule has 2 aromatic heterocycles. The van der Waals surface area contributed by atoms with E-state index in [0.29, 0.717) is 22.4 Å². The van der Waals surface area contributed by atoms with Crippen molar-refractivity contribution in [1.82, 2.24) is 19.6 Å². The molecule has 0 bridgehead atoms. The van der Waals surface area contributed by atoms with Gasteiger partial charge in [0.05, 0.1) is 19.2 Å². The molecule has 0 aliphatic carbocycles. The first kappa shape index (κ1) is 17.2. The molecule has 2 heterocycles. The number of thioether (sulfide) groups is 1. The molecular weight excluding hydrogens is 338 g/mol. The van der Waals surface area contributed by atoms with Crippen LogP contribution in [0.3, 0.4) is 0 Å². The number of benzene rings is 1. The molecule has 7 nitrogen and oxygen atoms in total. The number of nitrogens with one attached hydrogen (secondary N) is 1. The van der Waals surface area contributed by atoms with E-state index in [4.69, 9.17) is 4.74 Å². The van der Waals surface area contributed by atoms with E-state index in [-0.39, 0.29) is 12.3 Å². The van der Waals surface area contributed by atoms with Crippen molar-refractivity contribution >= 4 is 29.1 Å². The molecule has 3 rings (SSSR count). The minimum atomic E-state index is -0.137. The minimum absolute atomic E-state index is 0.137. The van der Waals surface area contributed by atoms with Gasteiger partial charge in [0.15, 0.2) is 0 Å². The number of hydrogen-bond acceptors (Lipinski definition) is 6. The second kappa shape index (κ2) is 7.10. The Morgan fingerprint density at radius 2 is 2.04 bits per heavy atom. The van der Waals surface area contributed by atoms with Crippen molar-refractivity contribution in [2.45, 2.75) is 25.4 Å². The molecule has 0 spiro atoms. The van der Waals surface area contributed by atoms with E-state index in [0.717, 1.165) is 17.0 Å². The highest BCUT2D eigenvalue weighted by Crippen LogP contribution is 2.24. The smallest absolute Gasteiger partial charge is 0.253 e. The fraction of sp³-hybridized carbons (Fsp3) is 0.294. The average Bonchev–Trinajstić information content (AvgIpc) is 3.02. The van der Waals surface area contributed by atoms with Crippen LogP contribution < -0.4 is 10.1 Å². The summed E-state index contributed by atoms with van der Waals surface area (Å²) < 4.78 is 6.95. The van der Waals surface area contributed by atoms with E-state index < -0.39 is 0 Å². The predicted molar refractivity (Wildman–Crippen MR) is 97.4 cm³/mol. The van der Waals surface area contributed by atoms with Gasteiger partial charge in [-0.1, -0.05) is 23.9 Å². The number of methoxy groups -OCH3 is 1. The van der Waals surface area contributed by atoms with Crippen LogP contribution >= 0.6 is 11.8 Å². The van der Waals surface area contributed by atoms with Crippen molar-refractivity contribution in [2.24, 2.45) is 0 Å². The Morgan fingerprint density at radius 3 is 2.76 bits per heavy atom. The zero-order valence-electron chi connectivity index (χ0n) is 14.5. The van der Waals surface area contributed by atoms with Crippen molar-refractivity contribution in [3.63, 3.8) is 0 Å².